The maximum absolute atomic E-state index is 13.8. The Morgan fingerprint density at radius 2 is 1.49 bits per heavy atom. The minimum atomic E-state index is -4.43. The number of benzene rings is 3. The number of carbonyl (C=O) groups is 2. The van der Waals surface area contributed by atoms with Crippen LogP contribution in [0.15, 0.2) is 105 Å². The van der Waals surface area contributed by atoms with Crippen LogP contribution in [-0.4, -0.2) is 63.5 Å². The molecule has 0 aliphatic rings. The number of methoxy groups -OCH3 is 1. The number of anilines is 1. The second kappa shape index (κ2) is 12.7. The largest absolute Gasteiger partial charge is 0.497 e. The average molecular weight is 671 g/mol. The molecule has 15 heteroatoms. The highest BCUT2D eigenvalue weighted by molar-refractivity contribution is 7.93. The molecule has 0 aliphatic heterocycles. The second-order valence-corrected chi connectivity index (χ2v) is 14.4. The van der Waals surface area contributed by atoms with Gasteiger partial charge < -0.3 is 19.4 Å². The summed E-state index contributed by atoms with van der Waals surface area (Å²) in [5.74, 6) is -1.91. The third-order valence-corrected chi connectivity index (χ3v) is 11.2. The molecule has 0 radical (unpaired) electrons. The van der Waals surface area contributed by atoms with Gasteiger partial charge >= 0.3 is 11.9 Å². The number of ether oxygens (including phenoxy) is 1. The molecule has 3 aromatic carbocycles. The maximum Gasteiger partial charge on any atom is 0.324 e. The number of hydrogen-bond donors (Lipinski definition) is 2. The van der Waals surface area contributed by atoms with Crippen LogP contribution in [0.3, 0.4) is 0 Å². The van der Waals surface area contributed by atoms with Crippen molar-refractivity contribution < 1.29 is 45.8 Å². The van der Waals surface area contributed by atoms with Gasteiger partial charge in [-0.15, -0.1) is 11.3 Å². The van der Waals surface area contributed by atoms with E-state index >= 15 is 0 Å². The van der Waals surface area contributed by atoms with Crippen molar-refractivity contribution in [2.45, 2.75) is 16.3 Å². The molecule has 2 heterocycles. The van der Waals surface area contributed by atoms with Crippen molar-refractivity contribution >= 4 is 59.1 Å². The van der Waals surface area contributed by atoms with Crippen LogP contribution in [-0.2, 0) is 36.2 Å². The molecule has 5 aromatic rings. The number of sulfonamides is 2. The first-order valence-electron chi connectivity index (χ1n) is 13.1. The summed E-state index contributed by atoms with van der Waals surface area (Å²) in [7, 11) is -7.38. The Labute approximate surface area is 262 Å². The van der Waals surface area contributed by atoms with Gasteiger partial charge in [0.2, 0.25) is 10.0 Å². The van der Waals surface area contributed by atoms with Crippen molar-refractivity contribution in [3.63, 3.8) is 0 Å². The quantitative estimate of drug-likeness (QED) is 0.179. The predicted octanol–water partition coefficient (Wildman–Crippen LogP) is 4.73. The van der Waals surface area contributed by atoms with Gasteiger partial charge in [0.05, 0.1) is 28.9 Å². The molecule has 0 aliphatic carbocycles. The van der Waals surface area contributed by atoms with E-state index in [0.717, 1.165) is 8.61 Å². The van der Waals surface area contributed by atoms with E-state index in [1.807, 2.05) is 0 Å². The number of nitrogens with zero attached hydrogens (tertiary/aromatic N) is 2. The van der Waals surface area contributed by atoms with Gasteiger partial charge in [-0.1, -0.05) is 0 Å². The highest BCUT2D eigenvalue weighted by Gasteiger charge is 2.31. The Morgan fingerprint density at radius 1 is 0.844 bits per heavy atom. The first kappa shape index (κ1) is 31.7. The van der Waals surface area contributed by atoms with E-state index in [9.17, 15) is 36.6 Å². The lowest BCUT2D eigenvalue weighted by molar-refractivity contribution is -0.137. The Morgan fingerprint density at radius 3 is 2.09 bits per heavy atom. The lowest BCUT2D eigenvalue weighted by Gasteiger charge is -2.25. The number of aliphatic carboxylic acids is 2. The van der Waals surface area contributed by atoms with Gasteiger partial charge in [0.1, 0.15) is 24.6 Å². The van der Waals surface area contributed by atoms with E-state index in [1.165, 1.54) is 79.3 Å². The molecule has 0 saturated heterocycles. The van der Waals surface area contributed by atoms with E-state index in [4.69, 9.17) is 9.15 Å². The van der Waals surface area contributed by atoms with Crippen molar-refractivity contribution in [1.29, 1.82) is 0 Å². The third kappa shape index (κ3) is 6.71. The van der Waals surface area contributed by atoms with Gasteiger partial charge in [0.25, 0.3) is 10.0 Å². The molecule has 2 aromatic heterocycles. The number of carboxylic acids is 2. The van der Waals surface area contributed by atoms with Crippen LogP contribution in [0.2, 0.25) is 0 Å². The molecule has 0 saturated carbocycles. The monoisotopic (exact) mass is 670 g/mol. The summed E-state index contributed by atoms with van der Waals surface area (Å²) in [4.78, 5) is 23.4. The molecule has 234 valence electrons. The molecule has 0 unspecified atom stereocenters. The van der Waals surface area contributed by atoms with E-state index in [0.29, 0.717) is 27.2 Å². The van der Waals surface area contributed by atoms with Gasteiger partial charge in [-0.05, 0) is 89.8 Å². The Kier molecular flexibility index (Phi) is 8.97. The Balaban J connectivity index is 1.56. The zero-order valence-corrected chi connectivity index (χ0v) is 26.0. The summed E-state index contributed by atoms with van der Waals surface area (Å²) in [5.41, 5.74) is 0.864. The summed E-state index contributed by atoms with van der Waals surface area (Å²) in [5, 5.41) is 21.4. The molecule has 5 rings (SSSR count). The molecule has 0 spiro atoms. The fourth-order valence-corrected chi connectivity index (χ4v) is 8.34. The lowest BCUT2D eigenvalue weighted by atomic mass is 10.1. The van der Waals surface area contributed by atoms with E-state index in [1.54, 1.807) is 29.6 Å². The number of furan rings is 1. The van der Waals surface area contributed by atoms with E-state index < -0.39 is 51.6 Å². The SMILES string of the molecule is COc1ccc(S(=O)(=O)N(CC(=O)O)c2cc(CN(CC(=O)O)S(=O)(=O)c3ccc(-c4ccco4)cc3)cc3sccc23)cc1. The zero-order chi connectivity index (χ0) is 32.4. The summed E-state index contributed by atoms with van der Waals surface area (Å²) < 4.78 is 67.5. The molecule has 12 nitrogen and oxygen atoms in total. The smallest absolute Gasteiger partial charge is 0.324 e. The molecule has 2 N–H and O–H groups in total. The van der Waals surface area contributed by atoms with Crippen LogP contribution >= 0.6 is 11.3 Å². The van der Waals surface area contributed by atoms with Crippen LogP contribution in [0.25, 0.3) is 21.4 Å². The number of fused-ring (bicyclic) bond motifs is 1. The minimum absolute atomic E-state index is 0.00237. The van der Waals surface area contributed by atoms with Gasteiger partial charge in [0, 0.05) is 22.2 Å². The van der Waals surface area contributed by atoms with E-state index in [-0.39, 0.29) is 21.0 Å². The van der Waals surface area contributed by atoms with Crippen LogP contribution < -0.4 is 9.04 Å². The molecular weight excluding hydrogens is 645 g/mol. The van der Waals surface area contributed by atoms with E-state index in [2.05, 4.69) is 0 Å². The highest BCUT2D eigenvalue weighted by Crippen LogP contribution is 2.36. The van der Waals surface area contributed by atoms with Crippen LogP contribution in [0.4, 0.5) is 5.69 Å². The fourth-order valence-electron chi connectivity index (χ4n) is 4.67. The third-order valence-electron chi connectivity index (χ3n) is 6.77. The normalized spacial score (nSPS) is 12.0. The second-order valence-electron chi connectivity index (χ2n) is 9.70. The van der Waals surface area contributed by atoms with Crippen LogP contribution in [0, 0.1) is 0 Å². The highest BCUT2D eigenvalue weighted by atomic mass is 32.2. The van der Waals surface area contributed by atoms with Crippen molar-refractivity contribution in [3.05, 3.63) is 96.1 Å². The predicted molar refractivity (Wildman–Crippen MR) is 166 cm³/mol. The first-order valence-corrected chi connectivity index (χ1v) is 16.9. The summed E-state index contributed by atoms with van der Waals surface area (Å²) in [6.45, 7) is -2.26. The zero-order valence-electron chi connectivity index (χ0n) is 23.6. The van der Waals surface area contributed by atoms with Crippen molar-refractivity contribution in [2.75, 3.05) is 24.5 Å². The number of rotatable bonds is 13. The molecule has 0 fully saturated rings. The van der Waals surface area contributed by atoms with Crippen LogP contribution in [0.1, 0.15) is 5.56 Å². The molecule has 45 heavy (non-hydrogen) atoms. The Hall–Kier alpha value is -4.70. The van der Waals surface area contributed by atoms with Gasteiger partial charge in [0.15, 0.2) is 0 Å². The maximum atomic E-state index is 13.8. The van der Waals surface area contributed by atoms with Crippen molar-refractivity contribution in [3.8, 4) is 17.1 Å². The number of hydrogen-bond acceptors (Lipinski definition) is 9. The fraction of sp³-hybridized carbons (Fsp3) is 0.133. The molecular formula is C30H26N2O10S3. The minimum Gasteiger partial charge on any atom is -0.497 e. The average Bonchev–Trinajstić information content (AvgIpc) is 3.72. The lowest BCUT2D eigenvalue weighted by Crippen LogP contribution is -2.36. The standard InChI is InChI=1S/C30H26N2O10S3/c1-41-22-6-10-24(11-7-22)45(39,40)32(19-30(35)36)26-15-20(16-28-25(26)12-14-43-28)17-31(18-29(33)34)44(37,38)23-8-4-21(5-9-23)27-3-2-13-42-27/h2-16H,17-19H2,1H3,(H,33,34)(H,35,36). The topological polar surface area (TPSA) is 172 Å². The Bertz CT molecular complexity index is 2050. The van der Waals surface area contributed by atoms with Crippen LogP contribution in [0.5, 0.6) is 5.75 Å². The van der Waals surface area contributed by atoms with Crippen molar-refractivity contribution in [2.24, 2.45) is 0 Å². The molecule has 0 amide bonds. The number of carboxylic acid groups (broad SMARTS) is 2. The molecule has 0 bridgehead atoms. The first-order chi connectivity index (χ1) is 21.4. The van der Waals surface area contributed by atoms with Crippen molar-refractivity contribution in [1.82, 2.24) is 4.31 Å². The van der Waals surface area contributed by atoms with Gasteiger partial charge in [-0.2, -0.15) is 4.31 Å². The molecule has 0 atom stereocenters. The van der Waals surface area contributed by atoms with Gasteiger partial charge in [-0.25, -0.2) is 16.8 Å². The summed E-state index contributed by atoms with van der Waals surface area (Å²) in [6, 6.07) is 19.2. The summed E-state index contributed by atoms with van der Waals surface area (Å²) >= 11 is 1.23. The summed E-state index contributed by atoms with van der Waals surface area (Å²) in [6.07, 6.45) is 1.48. The number of thiophene rings is 1. The van der Waals surface area contributed by atoms with Gasteiger partial charge in [-0.3, -0.25) is 13.9 Å².